The van der Waals surface area contributed by atoms with Crippen molar-refractivity contribution in [3.8, 4) is 0 Å². The number of ether oxygens (including phenoxy) is 1. The lowest BCUT2D eigenvalue weighted by atomic mass is 9.85. The predicted octanol–water partition coefficient (Wildman–Crippen LogP) is 1.86. The van der Waals surface area contributed by atoms with E-state index in [0.717, 1.165) is 0 Å². The van der Waals surface area contributed by atoms with Crippen molar-refractivity contribution in [1.29, 1.82) is 0 Å². The van der Waals surface area contributed by atoms with E-state index in [9.17, 15) is 22.8 Å². The van der Waals surface area contributed by atoms with Crippen molar-refractivity contribution in [2.45, 2.75) is 63.0 Å². The van der Waals surface area contributed by atoms with Crippen LogP contribution in [-0.4, -0.2) is 41.4 Å². The molecule has 0 radical (unpaired) electrons. The summed E-state index contributed by atoms with van der Waals surface area (Å²) in [7, 11) is 0. The van der Waals surface area contributed by atoms with Crippen molar-refractivity contribution in [2.75, 3.05) is 0 Å². The van der Waals surface area contributed by atoms with Gasteiger partial charge in [-0.1, -0.05) is 0 Å². The Balaban J connectivity index is 1.76. The summed E-state index contributed by atoms with van der Waals surface area (Å²) in [5, 5.41) is 11.4. The van der Waals surface area contributed by atoms with Crippen molar-refractivity contribution >= 4 is 11.9 Å². The third-order valence-corrected chi connectivity index (χ3v) is 4.12. The van der Waals surface area contributed by atoms with Crippen LogP contribution in [0.15, 0.2) is 0 Å². The highest BCUT2D eigenvalue weighted by molar-refractivity contribution is 5.82. The second-order valence-corrected chi connectivity index (χ2v) is 5.63. The zero-order valence-electron chi connectivity index (χ0n) is 11.4. The summed E-state index contributed by atoms with van der Waals surface area (Å²) in [6.45, 7) is 0. The first kappa shape index (κ1) is 16.1. The first-order chi connectivity index (χ1) is 9.77. The maximum Gasteiger partial charge on any atom is 0.391 e. The number of halogens is 3. The first-order valence-electron chi connectivity index (χ1n) is 7.02. The largest absolute Gasteiger partial charge is 0.479 e. The molecule has 2 N–H and O–H groups in total. The van der Waals surface area contributed by atoms with Crippen molar-refractivity contribution in [2.24, 2.45) is 5.92 Å². The number of hydrogen-bond acceptors (Lipinski definition) is 3. The Labute approximate surface area is 119 Å². The molecule has 1 heterocycles. The molecule has 2 atom stereocenters. The molecule has 2 rings (SSSR count). The summed E-state index contributed by atoms with van der Waals surface area (Å²) >= 11 is 0. The highest BCUT2D eigenvalue weighted by atomic mass is 19.4. The van der Waals surface area contributed by atoms with Crippen LogP contribution in [-0.2, 0) is 14.3 Å². The van der Waals surface area contributed by atoms with Crippen LogP contribution in [0.3, 0.4) is 0 Å². The lowest BCUT2D eigenvalue weighted by Gasteiger charge is -2.30. The fourth-order valence-corrected chi connectivity index (χ4v) is 2.87. The van der Waals surface area contributed by atoms with E-state index in [0.29, 0.717) is 6.42 Å². The second kappa shape index (κ2) is 6.21. The molecular weight excluding hydrogens is 291 g/mol. The van der Waals surface area contributed by atoms with Crippen molar-refractivity contribution < 1.29 is 32.6 Å². The average molecular weight is 309 g/mol. The molecule has 5 nitrogen and oxygen atoms in total. The van der Waals surface area contributed by atoms with Gasteiger partial charge in [0.1, 0.15) is 6.10 Å². The minimum atomic E-state index is -4.17. The molecule has 21 heavy (non-hydrogen) atoms. The molecule has 0 aromatic heterocycles. The fourth-order valence-electron chi connectivity index (χ4n) is 2.87. The molecule has 2 fully saturated rings. The topological polar surface area (TPSA) is 75.6 Å². The number of alkyl halides is 3. The van der Waals surface area contributed by atoms with E-state index in [4.69, 9.17) is 9.84 Å². The molecule has 0 unspecified atom stereocenters. The smallest absolute Gasteiger partial charge is 0.391 e. The molecule has 0 bridgehead atoms. The Morgan fingerprint density at radius 3 is 2.05 bits per heavy atom. The number of carboxylic acid groups (broad SMARTS) is 1. The van der Waals surface area contributed by atoms with Gasteiger partial charge in [0.2, 0.25) is 5.91 Å². The van der Waals surface area contributed by atoms with Gasteiger partial charge in [0.15, 0.2) is 6.10 Å². The number of amides is 1. The van der Waals surface area contributed by atoms with E-state index in [1.54, 1.807) is 0 Å². The van der Waals surface area contributed by atoms with Crippen molar-refractivity contribution in [3.05, 3.63) is 0 Å². The lowest BCUT2D eigenvalue weighted by Crippen LogP contribution is -2.44. The first-order valence-corrected chi connectivity index (χ1v) is 7.02. The number of carboxylic acids is 1. The van der Waals surface area contributed by atoms with Gasteiger partial charge >= 0.3 is 12.1 Å². The molecule has 0 aromatic rings. The molecule has 1 amide bonds. The Morgan fingerprint density at radius 2 is 1.57 bits per heavy atom. The monoisotopic (exact) mass is 309 g/mol. The van der Waals surface area contributed by atoms with Crippen LogP contribution in [0.4, 0.5) is 13.2 Å². The standard InChI is InChI=1S/C13H18F3NO4/c14-13(15,16)7-1-3-8(4-2-7)17-11(18)9-5-6-10(21-9)12(19)20/h7-10H,1-6H2,(H,17,18)(H,19,20)/t7?,8?,9-,10+/m0/s1. The van der Waals surface area contributed by atoms with Gasteiger partial charge in [-0.05, 0) is 38.5 Å². The zero-order valence-corrected chi connectivity index (χ0v) is 11.4. The molecule has 2 aliphatic rings. The molecule has 120 valence electrons. The minimum Gasteiger partial charge on any atom is -0.479 e. The summed E-state index contributed by atoms with van der Waals surface area (Å²) in [5.74, 6) is -2.81. The lowest BCUT2D eigenvalue weighted by molar-refractivity contribution is -0.182. The molecule has 1 aliphatic heterocycles. The van der Waals surface area contributed by atoms with Gasteiger partial charge < -0.3 is 15.2 Å². The Bertz CT molecular complexity index is 405. The van der Waals surface area contributed by atoms with Crippen LogP contribution in [0, 0.1) is 5.92 Å². The normalized spacial score (nSPS) is 33.7. The fraction of sp³-hybridized carbons (Fsp3) is 0.846. The van der Waals surface area contributed by atoms with E-state index in [-0.39, 0.29) is 38.1 Å². The van der Waals surface area contributed by atoms with Gasteiger partial charge in [-0.25, -0.2) is 4.79 Å². The SMILES string of the molecule is O=C(NC1CCC(C(F)(F)F)CC1)[C@@H]1CC[C@H](C(=O)O)O1. The molecule has 0 aromatic carbocycles. The number of nitrogens with one attached hydrogen (secondary N) is 1. The molecule has 1 saturated carbocycles. The van der Waals surface area contributed by atoms with Crippen LogP contribution in [0.2, 0.25) is 0 Å². The summed E-state index contributed by atoms with van der Waals surface area (Å²) in [6, 6.07) is -0.288. The van der Waals surface area contributed by atoms with E-state index in [2.05, 4.69) is 5.32 Å². The van der Waals surface area contributed by atoms with Gasteiger partial charge in [0.05, 0.1) is 5.92 Å². The molecular formula is C13H18F3NO4. The summed E-state index contributed by atoms with van der Waals surface area (Å²) < 4.78 is 42.7. The van der Waals surface area contributed by atoms with Crippen LogP contribution >= 0.6 is 0 Å². The number of aliphatic carboxylic acids is 1. The Kier molecular flexibility index (Phi) is 4.75. The van der Waals surface area contributed by atoms with Crippen LogP contribution < -0.4 is 5.32 Å². The van der Waals surface area contributed by atoms with Gasteiger partial charge in [0, 0.05) is 6.04 Å². The van der Waals surface area contributed by atoms with Gasteiger partial charge in [-0.2, -0.15) is 13.2 Å². The van der Waals surface area contributed by atoms with Gasteiger partial charge in [-0.3, -0.25) is 4.79 Å². The zero-order chi connectivity index (χ0) is 15.6. The second-order valence-electron chi connectivity index (χ2n) is 5.63. The third kappa shape index (κ3) is 4.09. The highest BCUT2D eigenvalue weighted by Crippen LogP contribution is 2.37. The Morgan fingerprint density at radius 1 is 1.00 bits per heavy atom. The van der Waals surface area contributed by atoms with E-state index in [1.165, 1.54) is 0 Å². The third-order valence-electron chi connectivity index (χ3n) is 4.12. The summed E-state index contributed by atoms with van der Waals surface area (Å²) in [5.41, 5.74) is 0. The molecule has 8 heteroatoms. The molecule has 1 saturated heterocycles. The van der Waals surface area contributed by atoms with Gasteiger partial charge in [0.25, 0.3) is 0 Å². The maximum absolute atomic E-state index is 12.5. The minimum absolute atomic E-state index is 0.0116. The van der Waals surface area contributed by atoms with Crippen LogP contribution in [0.25, 0.3) is 0 Å². The number of hydrogen-bond donors (Lipinski definition) is 2. The van der Waals surface area contributed by atoms with Crippen molar-refractivity contribution in [1.82, 2.24) is 5.32 Å². The van der Waals surface area contributed by atoms with E-state index in [1.807, 2.05) is 0 Å². The molecule has 1 aliphatic carbocycles. The number of carbonyl (C=O) groups excluding carboxylic acids is 1. The highest BCUT2D eigenvalue weighted by Gasteiger charge is 2.42. The number of carbonyl (C=O) groups is 2. The van der Waals surface area contributed by atoms with Crippen molar-refractivity contribution in [3.63, 3.8) is 0 Å². The summed E-state index contributed by atoms with van der Waals surface area (Å²) in [6.07, 6.45) is -4.77. The van der Waals surface area contributed by atoms with Gasteiger partial charge in [-0.15, -0.1) is 0 Å². The maximum atomic E-state index is 12.5. The quantitative estimate of drug-likeness (QED) is 0.834. The number of rotatable bonds is 3. The average Bonchev–Trinajstić information content (AvgIpc) is 2.88. The van der Waals surface area contributed by atoms with Crippen LogP contribution in [0.1, 0.15) is 38.5 Å². The van der Waals surface area contributed by atoms with E-state index < -0.39 is 36.2 Å². The predicted molar refractivity (Wildman–Crippen MR) is 65.5 cm³/mol. The Hall–Kier alpha value is -1.31. The molecule has 0 spiro atoms. The van der Waals surface area contributed by atoms with E-state index >= 15 is 0 Å². The summed E-state index contributed by atoms with van der Waals surface area (Å²) in [4.78, 5) is 22.6. The van der Waals surface area contributed by atoms with Crippen LogP contribution in [0.5, 0.6) is 0 Å².